The lowest BCUT2D eigenvalue weighted by Crippen LogP contribution is -2.35. The highest BCUT2D eigenvalue weighted by molar-refractivity contribution is 7.11. The largest absolute Gasteiger partial charge is 0.510 e. The van der Waals surface area contributed by atoms with Crippen molar-refractivity contribution in [3.05, 3.63) is 76.6 Å². The topological polar surface area (TPSA) is 88.9 Å². The van der Waals surface area contributed by atoms with Crippen LogP contribution in [0.25, 0.3) is 27.9 Å². The molecular weight excluding hydrogens is 406 g/mol. The van der Waals surface area contributed by atoms with Crippen LogP contribution >= 0.6 is 11.3 Å². The molecule has 0 amide bonds. The summed E-state index contributed by atoms with van der Waals surface area (Å²) in [4.78, 5) is 14.8. The number of aliphatic hydroxyl groups excluding tert-OH is 1. The van der Waals surface area contributed by atoms with Gasteiger partial charge >= 0.3 is 0 Å². The van der Waals surface area contributed by atoms with Gasteiger partial charge in [-0.3, -0.25) is 5.41 Å². The Bertz CT molecular complexity index is 1250. The van der Waals surface area contributed by atoms with Crippen molar-refractivity contribution in [3.8, 4) is 11.3 Å². The number of hydrogen-bond donors (Lipinski definition) is 3. The molecule has 7 heteroatoms. The van der Waals surface area contributed by atoms with Crippen LogP contribution in [0.1, 0.15) is 30.7 Å². The zero-order chi connectivity index (χ0) is 21.5. The summed E-state index contributed by atoms with van der Waals surface area (Å²) in [6.07, 6.45) is 0. The minimum absolute atomic E-state index is 0.159. The molecule has 0 radical (unpaired) electrons. The zero-order valence-corrected chi connectivity index (χ0v) is 18.1. The average molecular weight is 430 g/mol. The van der Waals surface area contributed by atoms with Gasteiger partial charge in [0.25, 0.3) is 0 Å². The van der Waals surface area contributed by atoms with E-state index in [2.05, 4.69) is 18.8 Å². The molecule has 31 heavy (non-hydrogen) atoms. The number of benzene rings is 2. The molecule has 3 N–H and O–H groups in total. The molecule has 2 aromatic carbocycles. The monoisotopic (exact) mass is 429 g/mol. The standard InChI is InChI=1S/C24H23N5OS/c1-14(2)21(23-26-16-10-6-7-11-17(16)27-23)29-12-19(30)20(22(29)25)24-28-18(13-31-24)15-8-4-3-5-9-15/h3-11,13-14,21,25,30H,12H2,1-2H3,(H,26,27). The first-order valence-corrected chi connectivity index (χ1v) is 11.1. The lowest BCUT2D eigenvalue weighted by Gasteiger charge is -2.31. The van der Waals surface area contributed by atoms with Gasteiger partial charge in [0.05, 0.1) is 34.9 Å². The van der Waals surface area contributed by atoms with E-state index in [1.807, 2.05) is 64.9 Å². The number of aliphatic hydroxyl groups is 1. The maximum Gasteiger partial charge on any atom is 0.135 e. The fraction of sp³-hybridized carbons (Fsp3) is 0.208. The second-order valence-electron chi connectivity index (χ2n) is 8.03. The maximum atomic E-state index is 10.8. The number of thiazole rings is 1. The number of rotatable bonds is 5. The number of aromatic amines is 1. The number of hydrogen-bond acceptors (Lipinski definition) is 5. The van der Waals surface area contributed by atoms with Gasteiger partial charge in [-0.05, 0) is 18.1 Å². The first-order valence-electron chi connectivity index (χ1n) is 10.3. The van der Waals surface area contributed by atoms with Crippen LogP contribution in [0.4, 0.5) is 0 Å². The van der Waals surface area contributed by atoms with Gasteiger partial charge in [0.2, 0.25) is 0 Å². The van der Waals surface area contributed by atoms with E-state index < -0.39 is 0 Å². The van der Waals surface area contributed by atoms with Gasteiger partial charge in [0.1, 0.15) is 22.4 Å². The van der Waals surface area contributed by atoms with Crippen LogP contribution in [0.15, 0.2) is 65.7 Å². The Morgan fingerprint density at radius 3 is 2.55 bits per heavy atom. The van der Waals surface area contributed by atoms with Gasteiger partial charge in [-0.2, -0.15) is 0 Å². The molecular formula is C24H23N5OS. The van der Waals surface area contributed by atoms with Gasteiger partial charge in [0, 0.05) is 10.9 Å². The molecule has 1 atom stereocenters. The minimum atomic E-state index is -0.159. The number of amidine groups is 1. The predicted octanol–water partition coefficient (Wildman–Crippen LogP) is 5.65. The van der Waals surface area contributed by atoms with E-state index in [1.165, 1.54) is 11.3 Å². The maximum absolute atomic E-state index is 10.8. The van der Waals surface area contributed by atoms with Crippen molar-refractivity contribution in [2.45, 2.75) is 19.9 Å². The van der Waals surface area contributed by atoms with Crippen molar-refractivity contribution >= 4 is 33.8 Å². The fourth-order valence-electron chi connectivity index (χ4n) is 4.13. The molecule has 0 spiro atoms. The van der Waals surface area contributed by atoms with Gasteiger partial charge in [-0.25, -0.2) is 9.97 Å². The molecule has 6 nitrogen and oxygen atoms in total. The summed E-state index contributed by atoms with van der Waals surface area (Å²) in [5.41, 5.74) is 4.25. The molecule has 0 aliphatic carbocycles. The van der Waals surface area contributed by atoms with Crippen molar-refractivity contribution < 1.29 is 5.11 Å². The van der Waals surface area contributed by atoms with Crippen molar-refractivity contribution in [2.75, 3.05) is 6.54 Å². The summed E-state index contributed by atoms with van der Waals surface area (Å²) in [6.45, 7) is 4.49. The van der Waals surface area contributed by atoms with Crippen LogP contribution in [-0.2, 0) is 0 Å². The van der Waals surface area contributed by atoms with Gasteiger partial charge < -0.3 is 15.0 Å². The third-order valence-corrected chi connectivity index (χ3v) is 6.44. The quantitative estimate of drug-likeness (QED) is 0.383. The Hall–Kier alpha value is -3.45. The Labute approximate surface area is 184 Å². The van der Waals surface area contributed by atoms with E-state index >= 15 is 0 Å². The highest BCUT2D eigenvalue weighted by Gasteiger charge is 2.37. The predicted molar refractivity (Wildman–Crippen MR) is 125 cm³/mol. The number of aromatic nitrogens is 3. The number of nitrogens with one attached hydrogen (secondary N) is 2. The molecule has 0 saturated heterocycles. The van der Waals surface area contributed by atoms with Crippen LogP contribution in [0.5, 0.6) is 0 Å². The van der Waals surface area contributed by atoms with E-state index in [9.17, 15) is 5.11 Å². The summed E-state index contributed by atoms with van der Waals surface area (Å²) in [5, 5.41) is 22.3. The third kappa shape index (κ3) is 3.41. The molecule has 4 aromatic rings. The van der Waals surface area contributed by atoms with Crippen LogP contribution in [0.2, 0.25) is 0 Å². The van der Waals surface area contributed by atoms with Crippen LogP contribution < -0.4 is 0 Å². The molecule has 0 saturated carbocycles. The summed E-state index contributed by atoms with van der Waals surface area (Å²) >= 11 is 1.45. The molecule has 1 aliphatic rings. The third-order valence-electron chi connectivity index (χ3n) is 5.58. The summed E-state index contributed by atoms with van der Waals surface area (Å²) in [7, 11) is 0. The Kier molecular flexibility index (Phi) is 4.82. The smallest absolute Gasteiger partial charge is 0.135 e. The molecule has 3 heterocycles. The van der Waals surface area contributed by atoms with Crippen molar-refractivity contribution in [1.29, 1.82) is 5.41 Å². The van der Waals surface area contributed by atoms with E-state index in [0.717, 1.165) is 28.1 Å². The highest BCUT2D eigenvalue weighted by atomic mass is 32.1. The zero-order valence-electron chi connectivity index (χ0n) is 17.3. The number of H-pyrrole nitrogens is 1. The summed E-state index contributed by atoms with van der Waals surface area (Å²) in [5.74, 6) is 1.45. The molecule has 5 rings (SSSR count). The van der Waals surface area contributed by atoms with Gasteiger partial charge in [-0.15, -0.1) is 11.3 Å². The van der Waals surface area contributed by atoms with Crippen molar-refractivity contribution in [3.63, 3.8) is 0 Å². The minimum Gasteiger partial charge on any atom is -0.510 e. The molecule has 1 unspecified atom stereocenters. The molecule has 2 aromatic heterocycles. The number of imidazole rings is 1. The lowest BCUT2D eigenvalue weighted by molar-refractivity contribution is 0.240. The SMILES string of the molecule is CC(C)C(c1nc2ccccc2[nH]1)N1CC(O)=C(c2nc(-c3ccccc3)cs2)C1=N. The second kappa shape index (κ2) is 7.67. The number of fused-ring (bicyclic) bond motifs is 1. The van der Waals surface area contributed by atoms with Crippen LogP contribution in [-0.4, -0.2) is 37.3 Å². The number of nitrogens with zero attached hydrogens (tertiary/aromatic N) is 3. The second-order valence-corrected chi connectivity index (χ2v) is 8.89. The van der Waals surface area contributed by atoms with Gasteiger partial charge in [0.15, 0.2) is 0 Å². The fourth-order valence-corrected chi connectivity index (χ4v) is 5.02. The highest BCUT2D eigenvalue weighted by Crippen LogP contribution is 2.38. The average Bonchev–Trinajstić information content (AvgIpc) is 3.46. The van der Waals surface area contributed by atoms with E-state index in [1.54, 1.807) is 0 Å². The Morgan fingerprint density at radius 1 is 1.06 bits per heavy atom. The molecule has 0 bridgehead atoms. The van der Waals surface area contributed by atoms with Crippen LogP contribution in [0, 0.1) is 11.3 Å². The first-order chi connectivity index (χ1) is 15.0. The normalized spacial score (nSPS) is 15.5. The van der Waals surface area contributed by atoms with E-state index in [4.69, 9.17) is 15.4 Å². The molecule has 0 fully saturated rings. The molecule has 1 aliphatic heterocycles. The first kappa shape index (κ1) is 19.5. The Morgan fingerprint density at radius 2 is 1.81 bits per heavy atom. The lowest BCUT2D eigenvalue weighted by atomic mass is 10.0. The van der Waals surface area contributed by atoms with E-state index in [-0.39, 0.29) is 30.1 Å². The summed E-state index contributed by atoms with van der Waals surface area (Å²) < 4.78 is 0. The van der Waals surface area contributed by atoms with Crippen LogP contribution in [0.3, 0.4) is 0 Å². The van der Waals surface area contributed by atoms with Crippen molar-refractivity contribution in [1.82, 2.24) is 19.9 Å². The summed E-state index contributed by atoms with van der Waals surface area (Å²) in [6, 6.07) is 17.7. The Balaban J connectivity index is 1.47. The van der Waals surface area contributed by atoms with Crippen molar-refractivity contribution in [2.24, 2.45) is 5.92 Å². The number of para-hydroxylation sites is 2. The van der Waals surface area contributed by atoms with E-state index in [0.29, 0.717) is 10.6 Å². The molecule has 156 valence electrons. The van der Waals surface area contributed by atoms with Gasteiger partial charge in [-0.1, -0.05) is 56.3 Å².